The number of aliphatic hydroxyl groups excluding tert-OH is 1. The molecule has 0 aliphatic rings. The SMILES string of the molecule is CNC(C)(CO)CC(C)OCCCOCCOC. The number of likely N-dealkylation sites (N-methyl/N-ethyl adjacent to an activating group) is 1. The largest absolute Gasteiger partial charge is 0.394 e. The van der Waals surface area contributed by atoms with Crippen LogP contribution < -0.4 is 5.32 Å². The van der Waals surface area contributed by atoms with Gasteiger partial charge in [0.15, 0.2) is 0 Å². The first-order valence-electron chi connectivity index (χ1n) is 6.56. The third-order valence-electron chi connectivity index (χ3n) is 2.96. The second-order valence-corrected chi connectivity index (χ2v) is 4.81. The molecule has 110 valence electrons. The third kappa shape index (κ3) is 8.83. The molecule has 0 aliphatic heterocycles. The minimum Gasteiger partial charge on any atom is -0.394 e. The van der Waals surface area contributed by atoms with E-state index in [1.165, 1.54) is 0 Å². The Morgan fingerprint density at radius 3 is 2.50 bits per heavy atom. The van der Waals surface area contributed by atoms with Gasteiger partial charge in [-0.15, -0.1) is 0 Å². The molecule has 0 bridgehead atoms. The Morgan fingerprint density at radius 1 is 1.22 bits per heavy atom. The maximum absolute atomic E-state index is 9.28. The molecule has 0 saturated heterocycles. The topological polar surface area (TPSA) is 60.0 Å². The van der Waals surface area contributed by atoms with Crippen LogP contribution in [0.15, 0.2) is 0 Å². The molecule has 0 aromatic heterocycles. The number of nitrogens with one attached hydrogen (secondary N) is 1. The van der Waals surface area contributed by atoms with Gasteiger partial charge in [-0.2, -0.15) is 0 Å². The fourth-order valence-corrected chi connectivity index (χ4v) is 1.63. The summed E-state index contributed by atoms with van der Waals surface area (Å²) in [5.74, 6) is 0. The first-order chi connectivity index (χ1) is 8.58. The monoisotopic (exact) mass is 263 g/mol. The molecule has 2 N–H and O–H groups in total. The van der Waals surface area contributed by atoms with E-state index in [2.05, 4.69) is 5.32 Å². The lowest BCUT2D eigenvalue weighted by atomic mass is 9.96. The highest BCUT2D eigenvalue weighted by molar-refractivity contribution is 4.82. The van der Waals surface area contributed by atoms with E-state index in [1.807, 2.05) is 20.9 Å². The van der Waals surface area contributed by atoms with Gasteiger partial charge in [0.2, 0.25) is 0 Å². The van der Waals surface area contributed by atoms with Crippen molar-refractivity contribution in [1.82, 2.24) is 5.32 Å². The van der Waals surface area contributed by atoms with Crippen molar-refractivity contribution < 1.29 is 19.3 Å². The lowest BCUT2D eigenvalue weighted by molar-refractivity contribution is 0.0113. The van der Waals surface area contributed by atoms with Crippen molar-refractivity contribution in [2.24, 2.45) is 0 Å². The number of rotatable bonds is 12. The van der Waals surface area contributed by atoms with Crippen molar-refractivity contribution in [1.29, 1.82) is 0 Å². The zero-order chi connectivity index (χ0) is 13.9. The molecule has 5 heteroatoms. The van der Waals surface area contributed by atoms with Gasteiger partial charge in [0.25, 0.3) is 0 Å². The van der Waals surface area contributed by atoms with E-state index in [0.717, 1.165) is 12.8 Å². The van der Waals surface area contributed by atoms with Crippen molar-refractivity contribution in [3.05, 3.63) is 0 Å². The van der Waals surface area contributed by atoms with E-state index in [1.54, 1.807) is 7.11 Å². The van der Waals surface area contributed by atoms with Gasteiger partial charge >= 0.3 is 0 Å². The summed E-state index contributed by atoms with van der Waals surface area (Å²) in [6.07, 6.45) is 1.78. The number of hydrogen-bond donors (Lipinski definition) is 2. The van der Waals surface area contributed by atoms with Crippen LogP contribution in [-0.4, -0.2) is 63.9 Å². The minimum atomic E-state index is -0.269. The fraction of sp³-hybridized carbons (Fsp3) is 1.00. The van der Waals surface area contributed by atoms with Crippen LogP contribution in [0.25, 0.3) is 0 Å². The molecule has 0 aliphatic carbocycles. The smallest absolute Gasteiger partial charge is 0.0700 e. The van der Waals surface area contributed by atoms with Crippen LogP contribution in [0.5, 0.6) is 0 Å². The molecule has 0 spiro atoms. The van der Waals surface area contributed by atoms with Crippen molar-refractivity contribution in [3.63, 3.8) is 0 Å². The van der Waals surface area contributed by atoms with Gasteiger partial charge in [-0.3, -0.25) is 0 Å². The molecule has 0 radical (unpaired) electrons. The van der Waals surface area contributed by atoms with Crippen molar-refractivity contribution >= 4 is 0 Å². The summed E-state index contributed by atoms with van der Waals surface area (Å²) < 4.78 is 15.9. The summed E-state index contributed by atoms with van der Waals surface area (Å²) in [7, 11) is 3.51. The summed E-state index contributed by atoms with van der Waals surface area (Å²) in [5.41, 5.74) is -0.269. The number of aliphatic hydroxyl groups is 1. The first-order valence-corrected chi connectivity index (χ1v) is 6.56. The van der Waals surface area contributed by atoms with Crippen molar-refractivity contribution in [2.45, 2.75) is 38.3 Å². The number of methoxy groups -OCH3 is 1. The highest BCUT2D eigenvalue weighted by Crippen LogP contribution is 2.13. The van der Waals surface area contributed by atoms with E-state index in [9.17, 15) is 5.11 Å². The van der Waals surface area contributed by atoms with E-state index < -0.39 is 0 Å². The average Bonchev–Trinajstić information content (AvgIpc) is 2.37. The summed E-state index contributed by atoms with van der Waals surface area (Å²) in [6.45, 7) is 6.76. The Labute approximate surface area is 111 Å². The molecule has 0 fully saturated rings. The Morgan fingerprint density at radius 2 is 1.94 bits per heavy atom. The number of hydrogen-bond acceptors (Lipinski definition) is 5. The van der Waals surface area contributed by atoms with Crippen LogP contribution in [0.4, 0.5) is 0 Å². The summed E-state index contributed by atoms with van der Waals surface area (Å²) in [5, 5.41) is 12.4. The minimum absolute atomic E-state index is 0.108. The first kappa shape index (κ1) is 17.8. The normalized spacial score (nSPS) is 16.5. The number of ether oxygens (including phenoxy) is 3. The van der Waals surface area contributed by atoms with E-state index in [4.69, 9.17) is 14.2 Å². The lowest BCUT2D eigenvalue weighted by Gasteiger charge is -2.29. The van der Waals surface area contributed by atoms with E-state index >= 15 is 0 Å². The van der Waals surface area contributed by atoms with Crippen LogP contribution in [0.2, 0.25) is 0 Å². The van der Waals surface area contributed by atoms with E-state index in [0.29, 0.717) is 26.4 Å². The zero-order valence-electron chi connectivity index (χ0n) is 12.2. The standard InChI is InChI=1S/C13H29NO4/c1-12(10-13(2,11-15)14-3)18-7-5-6-17-9-8-16-4/h12,14-15H,5-11H2,1-4H3. The Bertz CT molecular complexity index is 186. The lowest BCUT2D eigenvalue weighted by Crippen LogP contribution is -2.46. The van der Waals surface area contributed by atoms with Crippen LogP contribution >= 0.6 is 0 Å². The molecule has 18 heavy (non-hydrogen) atoms. The van der Waals surface area contributed by atoms with Gasteiger partial charge in [0, 0.05) is 25.9 Å². The Kier molecular flexibility index (Phi) is 10.6. The molecule has 0 amide bonds. The maximum Gasteiger partial charge on any atom is 0.0700 e. The fourth-order valence-electron chi connectivity index (χ4n) is 1.63. The molecular weight excluding hydrogens is 234 g/mol. The van der Waals surface area contributed by atoms with Gasteiger partial charge < -0.3 is 24.6 Å². The van der Waals surface area contributed by atoms with Crippen LogP contribution in [0.3, 0.4) is 0 Å². The van der Waals surface area contributed by atoms with Gasteiger partial charge in [-0.05, 0) is 33.7 Å². The van der Waals surface area contributed by atoms with Gasteiger partial charge in [0.05, 0.1) is 25.9 Å². The van der Waals surface area contributed by atoms with Crippen molar-refractivity contribution in [3.8, 4) is 0 Å². The van der Waals surface area contributed by atoms with Crippen LogP contribution in [0.1, 0.15) is 26.7 Å². The predicted molar refractivity (Wildman–Crippen MR) is 71.9 cm³/mol. The molecular formula is C13H29NO4. The second kappa shape index (κ2) is 10.7. The highest BCUT2D eigenvalue weighted by atomic mass is 16.5. The highest BCUT2D eigenvalue weighted by Gasteiger charge is 2.23. The van der Waals surface area contributed by atoms with Crippen LogP contribution in [0, 0.1) is 0 Å². The van der Waals surface area contributed by atoms with Gasteiger partial charge in [-0.1, -0.05) is 0 Å². The molecule has 0 aromatic carbocycles. The molecule has 0 heterocycles. The molecule has 0 rings (SSSR count). The molecule has 2 unspecified atom stereocenters. The summed E-state index contributed by atoms with van der Waals surface area (Å²) >= 11 is 0. The Balaban J connectivity index is 3.50. The zero-order valence-corrected chi connectivity index (χ0v) is 12.2. The van der Waals surface area contributed by atoms with Crippen molar-refractivity contribution in [2.75, 3.05) is 47.2 Å². The van der Waals surface area contributed by atoms with Crippen LogP contribution in [-0.2, 0) is 14.2 Å². The predicted octanol–water partition coefficient (Wildman–Crippen LogP) is 0.805. The quantitative estimate of drug-likeness (QED) is 0.510. The molecule has 0 saturated carbocycles. The summed E-state index contributed by atoms with van der Waals surface area (Å²) in [6, 6.07) is 0. The third-order valence-corrected chi connectivity index (χ3v) is 2.96. The average molecular weight is 263 g/mol. The molecule has 0 aromatic rings. The van der Waals surface area contributed by atoms with Gasteiger partial charge in [-0.25, -0.2) is 0 Å². The summed E-state index contributed by atoms with van der Waals surface area (Å²) in [4.78, 5) is 0. The maximum atomic E-state index is 9.28. The van der Waals surface area contributed by atoms with E-state index in [-0.39, 0.29) is 18.2 Å². The Hall–Kier alpha value is -0.200. The molecule has 2 atom stereocenters. The molecule has 5 nitrogen and oxygen atoms in total. The second-order valence-electron chi connectivity index (χ2n) is 4.81. The van der Waals surface area contributed by atoms with Gasteiger partial charge in [0.1, 0.15) is 0 Å².